The number of sulfonamides is 1. The summed E-state index contributed by atoms with van der Waals surface area (Å²) in [4.78, 5) is 11.8. The second-order valence-corrected chi connectivity index (χ2v) is 9.42. The number of halogens is 1. The molecular formula is C24H24FNO6S. The van der Waals surface area contributed by atoms with E-state index in [4.69, 9.17) is 9.47 Å². The molecule has 7 nitrogen and oxygen atoms in total. The third-order valence-electron chi connectivity index (χ3n) is 4.89. The van der Waals surface area contributed by atoms with E-state index in [0.717, 1.165) is 22.0 Å². The summed E-state index contributed by atoms with van der Waals surface area (Å²) in [6, 6.07) is 18.1. The summed E-state index contributed by atoms with van der Waals surface area (Å²) in [5.74, 6) is -1.33. The van der Waals surface area contributed by atoms with E-state index >= 15 is 0 Å². The average molecular weight is 474 g/mol. The van der Waals surface area contributed by atoms with Gasteiger partial charge in [-0.3, -0.25) is 0 Å². The van der Waals surface area contributed by atoms with Crippen molar-refractivity contribution < 1.29 is 32.2 Å². The Kier molecular flexibility index (Phi) is 7.80. The number of methoxy groups -OCH3 is 1. The minimum atomic E-state index is -3.79. The monoisotopic (exact) mass is 473 g/mol. The summed E-state index contributed by atoms with van der Waals surface area (Å²) in [6.45, 7) is 0.421. The summed E-state index contributed by atoms with van der Waals surface area (Å²) in [5, 5.41) is 9.64. The van der Waals surface area contributed by atoms with E-state index in [2.05, 4.69) is 0 Å². The zero-order chi connectivity index (χ0) is 24.0. The van der Waals surface area contributed by atoms with E-state index < -0.39 is 27.9 Å². The van der Waals surface area contributed by atoms with Gasteiger partial charge in [-0.15, -0.1) is 0 Å². The van der Waals surface area contributed by atoms with Crippen LogP contribution in [0.25, 0.3) is 0 Å². The van der Waals surface area contributed by atoms with Gasteiger partial charge in [0, 0.05) is 26.3 Å². The smallest absolute Gasteiger partial charge is 0.349 e. The second-order valence-electron chi connectivity index (χ2n) is 7.37. The van der Waals surface area contributed by atoms with Crippen molar-refractivity contribution in [3.63, 3.8) is 0 Å². The fourth-order valence-corrected chi connectivity index (χ4v) is 4.37. The Balaban J connectivity index is 1.71. The van der Waals surface area contributed by atoms with Crippen LogP contribution in [-0.2, 0) is 32.7 Å². The van der Waals surface area contributed by atoms with Crippen molar-refractivity contribution in [2.24, 2.45) is 0 Å². The Morgan fingerprint density at radius 3 is 2.30 bits per heavy atom. The van der Waals surface area contributed by atoms with E-state index in [1.54, 1.807) is 49.6 Å². The Hall–Kier alpha value is -3.27. The predicted molar refractivity (Wildman–Crippen MR) is 120 cm³/mol. The number of hydrogen-bond acceptors (Lipinski definition) is 5. The van der Waals surface area contributed by atoms with Gasteiger partial charge in [0.2, 0.25) is 16.1 Å². The van der Waals surface area contributed by atoms with E-state index in [1.165, 1.54) is 19.2 Å². The van der Waals surface area contributed by atoms with Gasteiger partial charge in [-0.2, -0.15) is 4.31 Å². The van der Waals surface area contributed by atoms with Crippen molar-refractivity contribution in [1.82, 2.24) is 4.31 Å². The molecule has 0 aliphatic heterocycles. The number of carbonyl (C=O) groups is 1. The highest BCUT2D eigenvalue weighted by atomic mass is 32.2. The van der Waals surface area contributed by atoms with Gasteiger partial charge in [-0.05, 0) is 53.6 Å². The van der Waals surface area contributed by atoms with Gasteiger partial charge in [-0.25, -0.2) is 17.6 Å². The van der Waals surface area contributed by atoms with Crippen molar-refractivity contribution in [3.8, 4) is 5.75 Å². The maximum atomic E-state index is 13.1. The van der Waals surface area contributed by atoms with Gasteiger partial charge >= 0.3 is 5.97 Å². The lowest BCUT2D eigenvalue weighted by molar-refractivity contribution is -0.145. The molecule has 0 aliphatic carbocycles. The standard InChI is InChI=1S/C24H24FNO6S/c1-26(33(29,30)22-12-8-20(25)9-13-22)15-17-6-10-21(11-7-17)32-23(24(27)28)19-5-3-4-18(14-19)16-31-2/h3-14,23H,15-16H2,1-2H3,(H,27,28). The van der Waals surface area contributed by atoms with Crippen molar-refractivity contribution >= 4 is 16.0 Å². The van der Waals surface area contributed by atoms with Crippen LogP contribution in [0.5, 0.6) is 5.75 Å². The number of hydrogen-bond donors (Lipinski definition) is 1. The number of nitrogens with zero attached hydrogens (tertiary/aromatic N) is 1. The highest BCUT2D eigenvalue weighted by Crippen LogP contribution is 2.25. The maximum absolute atomic E-state index is 13.1. The molecule has 0 saturated heterocycles. The van der Waals surface area contributed by atoms with Crippen LogP contribution in [0.1, 0.15) is 22.8 Å². The normalized spacial score (nSPS) is 12.5. The van der Waals surface area contributed by atoms with Crippen LogP contribution in [0.4, 0.5) is 4.39 Å². The summed E-state index contributed by atoms with van der Waals surface area (Å²) < 4.78 is 50.4. The molecule has 0 amide bonds. The lowest BCUT2D eigenvalue weighted by Crippen LogP contribution is -2.26. The molecule has 1 unspecified atom stereocenters. The third kappa shape index (κ3) is 6.16. The van der Waals surface area contributed by atoms with Crippen LogP contribution in [0.3, 0.4) is 0 Å². The molecule has 0 saturated carbocycles. The summed E-state index contributed by atoms with van der Waals surface area (Å²) >= 11 is 0. The van der Waals surface area contributed by atoms with Gasteiger partial charge in [0.25, 0.3) is 0 Å². The Bertz CT molecular complexity index is 1200. The first-order valence-electron chi connectivity index (χ1n) is 9.99. The molecule has 0 heterocycles. The zero-order valence-electron chi connectivity index (χ0n) is 18.1. The number of aliphatic carboxylic acids is 1. The molecule has 174 valence electrons. The molecule has 3 aromatic carbocycles. The average Bonchev–Trinajstić information content (AvgIpc) is 2.79. The fourth-order valence-electron chi connectivity index (χ4n) is 3.21. The molecule has 3 aromatic rings. The molecule has 3 rings (SSSR count). The topological polar surface area (TPSA) is 93.1 Å². The van der Waals surface area contributed by atoms with Crippen molar-refractivity contribution in [3.05, 3.63) is 95.3 Å². The minimum absolute atomic E-state index is 0.00800. The van der Waals surface area contributed by atoms with Crippen LogP contribution in [-0.4, -0.2) is 38.0 Å². The predicted octanol–water partition coefficient (Wildman–Crippen LogP) is 4.00. The lowest BCUT2D eigenvalue weighted by atomic mass is 10.1. The Labute approximate surface area is 192 Å². The molecule has 1 N–H and O–H groups in total. The lowest BCUT2D eigenvalue weighted by Gasteiger charge is -2.19. The molecule has 0 bridgehead atoms. The van der Waals surface area contributed by atoms with Gasteiger partial charge in [0.05, 0.1) is 11.5 Å². The van der Waals surface area contributed by atoms with E-state index in [-0.39, 0.29) is 11.4 Å². The molecule has 0 spiro atoms. The third-order valence-corrected chi connectivity index (χ3v) is 6.71. The molecule has 0 radical (unpaired) electrons. The Morgan fingerprint density at radius 2 is 1.70 bits per heavy atom. The number of ether oxygens (including phenoxy) is 2. The van der Waals surface area contributed by atoms with E-state index in [1.807, 2.05) is 6.07 Å². The Morgan fingerprint density at radius 1 is 1.03 bits per heavy atom. The largest absolute Gasteiger partial charge is 0.478 e. The minimum Gasteiger partial charge on any atom is -0.478 e. The van der Waals surface area contributed by atoms with Crippen molar-refractivity contribution in [2.75, 3.05) is 14.2 Å². The van der Waals surface area contributed by atoms with Crippen LogP contribution in [0, 0.1) is 5.82 Å². The molecular weight excluding hydrogens is 449 g/mol. The highest BCUT2D eigenvalue weighted by molar-refractivity contribution is 7.89. The quantitative estimate of drug-likeness (QED) is 0.479. The van der Waals surface area contributed by atoms with Crippen LogP contribution in [0.15, 0.2) is 77.7 Å². The molecule has 9 heteroatoms. The first-order valence-corrected chi connectivity index (χ1v) is 11.4. The van der Waals surface area contributed by atoms with Crippen molar-refractivity contribution in [1.29, 1.82) is 0 Å². The SMILES string of the molecule is COCc1cccc(C(Oc2ccc(CN(C)S(=O)(=O)c3ccc(F)cc3)cc2)C(=O)O)c1. The molecule has 1 atom stereocenters. The first kappa shape index (κ1) is 24.4. The van der Waals surface area contributed by atoms with Gasteiger partial charge in [-0.1, -0.05) is 30.3 Å². The number of benzene rings is 3. The zero-order valence-corrected chi connectivity index (χ0v) is 19.0. The summed E-state index contributed by atoms with van der Waals surface area (Å²) in [7, 11) is -0.807. The summed E-state index contributed by atoms with van der Waals surface area (Å²) in [5.41, 5.74) is 1.97. The van der Waals surface area contributed by atoms with Gasteiger partial charge in [0.15, 0.2) is 0 Å². The van der Waals surface area contributed by atoms with E-state index in [0.29, 0.717) is 23.5 Å². The van der Waals surface area contributed by atoms with Crippen molar-refractivity contribution in [2.45, 2.75) is 24.2 Å². The van der Waals surface area contributed by atoms with Crippen LogP contribution >= 0.6 is 0 Å². The first-order chi connectivity index (χ1) is 15.7. The van der Waals surface area contributed by atoms with Crippen LogP contribution in [0.2, 0.25) is 0 Å². The molecule has 0 fully saturated rings. The number of carboxylic acid groups (broad SMARTS) is 1. The van der Waals surface area contributed by atoms with Gasteiger partial charge < -0.3 is 14.6 Å². The fraction of sp³-hybridized carbons (Fsp3) is 0.208. The van der Waals surface area contributed by atoms with Crippen LogP contribution < -0.4 is 4.74 Å². The molecule has 33 heavy (non-hydrogen) atoms. The summed E-state index contributed by atoms with van der Waals surface area (Å²) in [6.07, 6.45) is -1.21. The second kappa shape index (κ2) is 10.6. The molecule has 0 aliphatic rings. The number of carboxylic acids is 1. The molecule has 0 aromatic heterocycles. The number of rotatable bonds is 10. The van der Waals surface area contributed by atoms with Gasteiger partial charge in [0.1, 0.15) is 11.6 Å². The highest BCUT2D eigenvalue weighted by Gasteiger charge is 2.23. The van der Waals surface area contributed by atoms with E-state index in [9.17, 15) is 22.7 Å². The maximum Gasteiger partial charge on any atom is 0.349 e.